The Kier molecular flexibility index (Phi) is 4.60. The summed E-state index contributed by atoms with van der Waals surface area (Å²) in [6.45, 7) is 2.66. The highest BCUT2D eigenvalue weighted by atomic mass is 16.5. The first-order valence-corrected chi connectivity index (χ1v) is 7.03. The van der Waals surface area contributed by atoms with Gasteiger partial charge in [-0.25, -0.2) is 9.78 Å². The second-order valence-electron chi connectivity index (χ2n) is 5.70. The molecular formula is C15H22N2O3. The number of esters is 1. The largest absolute Gasteiger partial charge is 0.464 e. The van der Waals surface area contributed by atoms with Crippen LogP contribution in [0, 0.1) is 5.92 Å². The molecule has 5 heteroatoms. The van der Waals surface area contributed by atoms with Crippen molar-refractivity contribution in [3.8, 4) is 0 Å². The molecule has 0 spiro atoms. The number of anilines is 1. The molecule has 2 atom stereocenters. The lowest BCUT2D eigenvalue weighted by atomic mass is 9.79. The van der Waals surface area contributed by atoms with Crippen LogP contribution >= 0.6 is 0 Å². The molecular weight excluding hydrogens is 256 g/mol. The molecule has 20 heavy (non-hydrogen) atoms. The Morgan fingerprint density at radius 3 is 3.15 bits per heavy atom. The third-order valence-electron chi connectivity index (χ3n) is 3.84. The highest BCUT2D eigenvalue weighted by Crippen LogP contribution is 2.32. The molecule has 2 rings (SSSR count). The van der Waals surface area contributed by atoms with Crippen LogP contribution in [-0.2, 0) is 4.74 Å². The van der Waals surface area contributed by atoms with Gasteiger partial charge in [0.25, 0.3) is 0 Å². The zero-order valence-electron chi connectivity index (χ0n) is 12.1. The topological polar surface area (TPSA) is 71.5 Å². The Hall–Kier alpha value is -1.62. The van der Waals surface area contributed by atoms with Crippen LogP contribution in [0.4, 0.5) is 5.69 Å². The molecule has 0 aromatic carbocycles. The molecule has 1 aromatic heterocycles. The third-order valence-corrected chi connectivity index (χ3v) is 3.84. The Morgan fingerprint density at radius 2 is 2.45 bits per heavy atom. The molecule has 1 aliphatic rings. The quantitative estimate of drug-likeness (QED) is 0.826. The van der Waals surface area contributed by atoms with E-state index in [1.165, 1.54) is 13.5 Å². The standard InChI is InChI=1S/C15H22N2O3/c1-11-4-3-6-15(19,9-11)10-17-12-5-7-16-13(8-12)14(18)20-2/h5,7-8,11,19H,3-4,6,9-10H2,1-2H3,(H,16,17). The first-order valence-electron chi connectivity index (χ1n) is 7.03. The summed E-state index contributed by atoms with van der Waals surface area (Å²) in [5, 5.41) is 13.8. The van der Waals surface area contributed by atoms with Gasteiger partial charge in [-0.2, -0.15) is 0 Å². The van der Waals surface area contributed by atoms with Crippen LogP contribution in [0.2, 0.25) is 0 Å². The predicted molar refractivity (Wildman–Crippen MR) is 76.6 cm³/mol. The molecule has 0 bridgehead atoms. The van der Waals surface area contributed by atoms with Crippen LogP contribution in [0.5, 0.6) is 0 Å². The molecule has 1 aromatic rings. The second kappa shape index (κ2) is 6.22. The van der Waals surface area contributed by atoms with Gasteiger partial charge >= 0.3 is 5.97 Å². The lowest BCUT2D eigenvalue weighted by Gasteiger charge is -2.35. The van der Waals surface area contributed by atoms with E-state index in [9.17, 15) is 9.90 Å². The summed E-state index contributed by atoms with van der Waals surface area (Å²) < 4.78 is 4.64. The van der Waals surface area contributed by atoms with E-state index in [1.807, 2.05) is 0 Å². The Balaban J connectivity index is 1.98. The minimum absolute atomic E-state index is 0.265. The molecule has 1 heterocycles. The Bertz CT molecular complexity index is 478. The van der Waals surface area contributed by atoms with Crippen LogP contribution in [0.15, 0.2) is 18.3 Å². The molecule has 110 valence electrons. The lowest BCUT2D eigenvalue weighted by Crippen LogP contribution is -2.41. The van der Waals surface area contributed by atoms with Gasteiger partial charge in [-0.1, -0.05) is 19.8 Å². The van der Waals surface area contributed by atoms with Crippen molar-refractivity contribution in [1.82, 2.24) is 4.98 Å². The number of pyridine rings is 1. The number of aromatic nitrogens is 1. The molecule has 0 radical (unpaired) electrons. The summed E-state index contributed by atoms with van der Waals surface area (Å²) in [7, 11) is 1.33. The second-order valence-corrected chi connectivity index (χ2v) is 5.70. The van der Waals surface area contributed by atoms with E-state index >= 15 is 0 Å². The van der Waals surface area contributed by atoms with Crippen LogP contribution < -0.4 is 5.32 Å². The monoisotopic (exact) mass is 278 g/mol. The first-order chi connectivity index (χ1) is 9.52. The number of nitrogens with one attached hydrogen (secondary N) is 1. The van der Waals surface area contributed by atoms with Crippen molar-refractivity contribution < 1.29 is 14.6 Å². The van der Waals surface area contributed by atoms with Gasteiger partial charge in [0.1, 0.15) is 5.69 Å². The summed E-state index contributed by atoms with van der Waals surface area (Å²) in [4.78, 5) is 15.4. The van der Waals surface area contributed by atoms with Gasteiger partial charge in [0, 0.05) is 18.4 Å². The number of rotatable bonds is 4. The average Bonchev–Trinajstić information content (AvgIpc) is 2.44. The van der Waals surface area contributed by atoms with E-state index in [0.29, 0.717) is 12.5 Å². The zero-order valence-corrected chi connectivity index (χ0v) is 12.1. The molecule has 0 amide bonds. The van der Waals surface area contributed by atoms with E-state index in [0.717, 1.165) is 24.9 Å². The van der Waals surface area contributed by atoms with Crippen molar-refractivity contribution in [1.29, 1.82) is 0 Å². The molecule has 0 saturated heterocycles. The highest BCUT2D eigenvalue weighted by molar-refractivity contribution is 5.88. The van der Waals surface area contributed by atoms with Crippen molar-refractivity contribution in [2.75, 3.05) is 19.0 Å². The smallest absolute Gasteiger partial charge is 0.356 e. The van der Waals surface area contributed by atoms with Gasteiger partial charge in [0.05, 0.1) is 12.7 Å². The molecule has 5 nitrogen and oxygen atoms in total. The van der Waals surface area contributed by atoms with Crippen molar-refractivity contribution in [2.24, 2.45) is 5.92 Å². The number of nitrogens with zero attached hydrogens (tertiary/aromatic N) is 1. The van der Waals surface area contributed by atoms with Gasteiger partial charge in [-0.05, 0) is 30.9 Å². The van der Waals surface area contributed by atoms with Crippen molar-refractivity contribution >= 4 is 11.7 Å². The third kappa shape index (κ3) is 3.70. The number of ether oxygens (including phenoxy) is 1. The van der Waals surface area contributed by atoms with Gasteiger partial charge in [-0.15, -0.1) is 0 Å². The molecule has 0 aliphatic heterocycles. The first kappa shape index (κ1) is 14.8. The molecule has 2 unspecified atom stereocenters. The molecule has 1 aliphatic carbocycles. The van der Waals surface area contributed by atoms with Gasteiger partial charge < -0.3 is 15.2 Å². The van der Waals surface area contributed by atoms with Crippen molar-refractivity contribution in [3.05, 3.63) is 24.0 Å². The van der Waals surface area contributed by atoms with Crippen LogP contribution in [0.1, 0.15) is 43.1 Å². The molecule has 1 saturated carbocycles. The van der Waals surface area contributed by atoms with Crippen molar-refractivity contribution in [2.45, 2.75) is 38.2 Å². The summed E-state index contributed by atoms with van der Waals surface area (Å²) >= 11 is 0. The van der Waals surface area contributed by atoms with E-state index < -0.39 is 11.6 Å². The number of carbonyl (C=O) groups excluding carboxylic acids is 1. The normalized spacial score (nSPS) is 26.1. The van der Waals surface area contributed by atoms with E-state index in [4.69, 9.17) is 0 Å². The van der Waals surface area contributed by atoms with Crippen molar-refractivity contribution in [3.63, 3.8) is 0 Å². The highest BCUT2D eigenvalue weighted by Gasteiger charge is 2.32. The minimum Gasteiger partial charge on any atom is -0.464 e. The molecule has 2 N–H and O–H groups in total. The fourth-order valence-electron chi connectivity index (χ4n) is 2.82. The SMILES string of the molecule is COC(=O)c1cc(NCC2(O)CCCC(C)C2)ccn1. The number of methoxy groups -OCH3 is 1. The fourth-order valence-corrected chi connectivity index (χ4v) is 2.82. The van der Waals surface area contributed by atoms with Crippen LogP contribution in [-0.4, -0.2) is 35.3 Å². The Morgan fingerprint density at radius 1 is 1.65 bits per heavy atom. The lowest BCUT2D eigenvalue weighted by molar-refractivity contribution is -0.000764. The number of hydrogen-bond donors (Lipinski definition) is 2. The molecule has 1 fully saturated rings. The number of hydrogen-bond acceptors (Lipinski definition) is 5. The maximum Gasteiger partial charge on any atom is 0.356 e. The maximum atomic E-state index is 11.4. The van der Waals surface area contributed by atoms with Gasteiger partial charge in [0.15, 0.2) is 0 Å². The number of aliphatic hydroxyl groups is 1. The fraction of sp³-hybridized carbons (Fsp3) is 0.600. The summed E-state index contributed by atoms with van der Waals surface area (Å²) in [5.41, 5.74) is 0.375. The average molecular weight is 278 g/mol. The van der Waals surface area contributed by atoms with Gasteiger partial charge in [0.2, 0.25) is 0 Å². The Labute approximate surface area is 119 Å². The van der Waals surface area contributed by atoms with Crippen LogP contribution in [0.3, 0.4) is 0 Å². The summed E-state index contributed by atoms with van der Waals surface area (Å²) in [5.74, 6) is 0.0947. The van der Waals surface area contributed by atoms with Crippen LogP contribution in [0.25, 0.3) is 0 Å². The van der Waals surface area contributed by atoms with Gasteiger partial charge in [-0.3, -0.25) is 0 Å². The summed E-state index contributed by atoms with van der Waals surface area (Å²) in [6.07, 6.45) is 5.43. The predicted octanol–water partition coefficient (Wildman–Crippen LogP) is 2.22. The van der Waals surface area contributed by atoms with E-state index in [-0.39, 0.29) is 5.69 Å². The summed E-state index contributed by atoms with van der Waals surface area (Å²) in [6, 6.07) is 3.42. The number of carbonyl (C=O) groups is 1. The zero-order chi connectivity index (χ0) is 14.6. The maximum absolute atomic E-state index is 11.4. The van der Waals surface area contributed by atoms with E-state index in [2.05, 4.69) is 22.0 Å². The minimum atomic E-state index is -0.660. The van der Waals surface area contributed by atoms with E-state index in [1.54, 1.807) is 18.3 Å².